The van der Waals surface area contributed by atoms with Crippen molar-refractivity contribution in [2.24, 2.45) is 0 Å². The highest BCUT2D eigenvalue weighted by atomic mass is 127. The van der Waals surface area contributed by atoms with Crippen LogP contribution in [0.1, 0.15) is 0 Å². The van der Waals surface area contributed by atoms with Gasteiger partial charge in [0.2, 0.25) is 0 Å². The topological polar surface area (TPSA) is 9.23 Å². The van der Waals surface area contributed by atoms with Gasteiger partial charge in [0.15, 0.2) is 0 Å². The summed E-state index contributed by atoms with van der Waals surface area (Å²) in [4.78, 5) is 0. The standard InChI is InChI=1S/C12H10O.ClH.HI/c1-3-7-11(8-4-1)13-12-9-5-2-6-10-12;;/h1-10H;2*1H. The summed E-state index contributed by atoms with van der Waals surface area (Å²) in [5.74, 6) is 1.74. The summed E-state index contributed by atoms with van der Waals surface area (Å²) in [6, 6.07) is 19.5. The minimum atomic E-state index is 0. The summed E-state index contributed by atoms with van der Waals surface area (Å²) in [6.45, 7) is 0. The summed E-state index contributed by atoms with van der Waals surface area (Å²) >= 11 is 0. The second-order valence-corrected chi connectivity index (χ2v) is 2.73. The monoisotopic (exact) mass is 334 g/mol. The molecule has 2 aromatic rings. The third-order valence-corrected chi connectivity index (χ3v) is 1.72. The minimum Gasteiger partial charge on any atom is -0.457 e. The second kappa shape index (κ2) is 7.54. The molecule has 0 heterocycles. The first-order valence-corrected chi connectivity index (χ1v) is 4.23. The highest BCUT2D eigenvalue weighted by Gasteiger charge is 1.92. The molecule has 0 aliphatic heterocycles. The molecule has 2 aromatic carbocycles. The summed E-state index contributed by atoms with van der Waals surface area (Å²) in [5, 5.41) is 0. The van der Waals surface area contributed by atoms with Gasteiger partial charge < -0.3 is 4.74 Å². The maximum atomic E-state index is 5.58. The Morgan fingerprint density at radius 2 is 0.933 bits per heavy atom. The third kappa shape index (κ3) is 4.53. The Hall–Kier alpha value is -0.740. The Bertz CT molecular complexity index is 326. The molecule has 0 fully saturated rings. The van der Waals surface area contributed by atoms with E-state index in [1.807, 2.05) is 60.7 Å². The quantitative estimate of drug-likeness (QED) is 0.734. The van der Waals surface area contributed by atoms with Gasteiger partial charge in [-0.1, -0.05) is 36.4 Å². The Morgan fingerprint density at radius 3 is 1.27 bits per heavy atom. The predicted octanol–water partition coefficient (Wildman–Crippen LogP) is 4.52. The first-order valence-electron chi connectivity index (χ1n) is 4.23. The van der Waals surface area contributed by atoms with Gasteiger partial charge in [-0.15, -0.1) is 36.4 Å². The zero-order valence-corrected chi connectivity index (χ0v) is 11.1. The molecule has 0 aromatic heterocycles. The van der Waals surface area contributed by atoms with Crippen LogP contribution in [0.25, 0.3) is 0 Å². The average molecular weight is 335 g/mol. The van der Waals surface area contributed by atoms with E-state index < -0.39 is 0 Å². The van der Waals surface area contributed by atoms with Gasteiger partial charge in [0.25, 0.3) is 0 Å². The lowest BCUT2D eigenvalue weighted by Crippen LogP contribution is -1.81. The molecule has 15 heavy (non-hydrogen) atoms. The third-order valence-electron chi connectivity index (χ3n) is 1.72. The zero-order chi connectivity index (χ0) is 8.93. The van der Waals surface area contributed by atoms with E-state index in [0.717, 1.165) is 11.5 Å². The molecular weight excluding hydrogens is 322 g/mol. The first-order chi connectivity index (χ1) is 6.45. The number of halogens is 2. The van der Waals surface area contributed by atoms with E-state index in [9.17, 15) is 0 Å². The van der Waals surface area contributed by atoms with Crippen LogP contribution in [-0.2, 0) is 0 Å². The fourth-order valence-electron chi connectivity index (χ4n) is 1.11. The second-order valence-electron chi connectivity index (χ2n) is 2.73. The van der Waals surface area contributed by atoms with Crippen LogP contribution in [0.15, 0.2) is 60.7 Å². The van der Waals surface area contributed by atoms with Gasteiger partial charge in [-0.2, -0.15) is 0 Å². The van der Waals surface area contributed by atoms with Gasteiger partial charge >= 0.3 is 0 Å². The zero-order valence-electron chi connectivity index (χ0n) is 8.00. The van der Waals surface area contributed by atoms with Gasteiger partial charge in [0.1, 0.15) is 11.5 Å². The average Bonchev–Trinajstić information content (AvgIpc) is 2.21. The molecule has 80 valence electrons. The van der Waals surface area contributed by atoms with Crippen LogP contribution < -0.4 is 4.74 Å². The van der Waals surface area contributed by atoms with Crippen molar-refractivity contribution in [3.8, 4) is 11.5 Å². The van der Waals surface area contributed by atoms with E-state index in [1.54, 1.807) is 0 Å². The Morgan fingerprint density at radius 1 is 0.600 bits per heavy atom. The summed E-state index contributed by atoms with van der Waals surface area (Å²) in [7, 11) is 0. The van der Waals surface area contributed by atoms with Crippen LogP contribution >= 0.6 is 36.4 Å². The fourth-order valence-corrected chi connectivity index (χ4v) is 1.11. The molecule has 0 aliphatic rings. The van der Waals surface area contributed by atoms with Gasteiger partial charge in [-0.05, 0) is 24.3 Å². The number of rotatable bonds is 2. The molecule has 3 heteroatoms. The predicted molar refractivity (Wildman–Crippen MR) is 75.6 cm³/mol. The maximum Gasteiger partial charge on any atom is 0.127 e. The number of ether oxygens (including phenoxy) is 1. The normalized spacial score (nSPS) is 8.27. The highest BCUT2D eigenvalue weighted by Crippen LogP contribution is 2.19. The molecule has 1 nitrogen and oxygen atoms in total. The maximum absolute atomic E-state index is 5.58. The lowest BCUT2D eigenvalue weighted by Gasteiger charge is -2.03. The SMILES string of the molecule is Cl.I.c1ccc(Oc2ccccc2)cc1. The molecule has 0 atom stereocenters. The number of hydrogen-bond donors (Lipinski definition) is 0. The molecular formula is C12H12ClIO. The molecule has 0 saturated heterocycles. The summed E-state index contributed by atoms with van der Waals surface area (Å²) in [5.41, 5.74) is 0. The number of para-hydroxylation sites is 2. The first kappa shape index (κ1) is 14.3. The highest BCUT2D eigenvalue weighted by molar-refractivity contribution is 14.0. The van der Waals surface area contributed by atoms with Crippen molar-refractivity contribution < 1.29 is 4.74 Å². The molecule has 0 radical (unpaired) electrons. The fraction of sp³-hybridized carbons (Fsp3) is 0. The summed E-state index contributed by atoms with van der Waals surface area (Å²) < 4.78 is 5.58. The summed E-state index contributed by atoms with van der Waals surface area (Å²) in [6.07, 6.45) is 0. The van der Waals surface area contributed by atoms with Gasteiger partial charge in [-0.25, -0.2) is 0 Å². The molecule has 0 unspecified atom stereocenters. The van der Waals surface area contributed by atoms with E-state index in [-0.39, 0.29) is 36.4 Å². The van der Waals surface area contributed by atoms with E-state index >= 15 is 0 Å². The van der Waals surface area contributed by atoms with Crippen LogP contribution in [0.5, 0.6) is 11.5 Å². The van der Waals surface area contributed by atoms with Crippen LogP contribution in [0.3, 0.4) is 0 Å². The number of benzene rings is 2. The van der Waals surface area contributed by atoms with Crippen molar-refractivity contribution in [2.75, 3.05) is 0 Å². The smallest absolute Gasteiger partial charge is 0.127 e. The van der Waals surface area contributed by atoms with Crippen molar-refractivity contribution in [1.29, 1.82) is 0 Å². The van der Waals surface area contributed by atoms with Crippen molar-refractivity contribution in [2.45, 2.75) is 0 Å². The molecule has 0 saturated carbocycles. The van der Waals surface area contributed by atoms with Crippen molar-refractivity contribution in [1.82, 2.24) is 0 Å². The molecule has 0 bridgehead atoms. The van der Waals surface area contributed by atoms with E-state index in [0.29, 0.717) is 0 Å². The van der Waals surface area contributed by atoms with E-state index in [1.165, 1.54) is 0 Å². The van der Waals surface area contributed by atoms with Crippen LogP contribution in [-0.4, -0.2) is 0 Å². The molecule has 0 amide bonds. The van der Waals surface area contributed by atoms with Crippen molar-refractivity contribution >= 4 is 36.4 Å². The molecule has 0 spiro atoms. The van der Waals surface area contributed by atoms with E-state index in [4.69, 9.17) is 4.74 Å². The van der Waals surface area contributed by atoms with Crippen molar-refractivity contribution in [3.63, 3.8) is 0 Å². The molecule has 2 rings (SSSR count). The molecule has 0 aliphatic carbocycles. The van der Waals surface area contributed by atoms with E-state index in [2.05, 4.69) is 0 Å². The van der Waals surface area contributed by atoms with Crippen molar-refractivity contribution in [3.05, 3.63) is 60.7 Å². The largest absolute Gasteiger partial charge is 0.457 e. The Balaban J connectivity index is 0.000000980. The lowest BCUT2D eigenvalue weighted by atomic mass is 10.3. The number of hydrogen-bond acceptors (Lipinski definition) is 1. The minimum absolute atomic E-state index is 0. The van der Waals surface area contributed by atoms with Crippen LogP contribution in [0, 0.1) is 0 Å². The molecule has 0 N–H and O–H groups in total. The van der Waals surface area contributed by atoms with Gasteiger partial charge in [0.05, 0.1) is 0 Å². The van der Waals surface area contributed by atoms with Crippen LogP contribution in [0.2, 0.25) is 0 Å². The Kier molecular flexibility index (Phi) is 7.17. The van der Waals surface area contributed by atoms with Gasteiger partial charge in [0, 0.05) is 0 Å². The van der Waals surface area contributed by atoms with Gasteiger partial charge in [-0.3, -0.25) is 0 Å². The van der Waals surface area contributed by atoms with Crippen LogP contribution in [0.4, 0.5) is 0 Å². The Labute approximate surface area is 113 Å². The lowest BCUT2D eigenvalue weighted by molar-refractivity contribution is 0.482.